The highest BCUT2D eigenvalue weighted by Gasteiger charge is 2.26. The molecule has 290 valence electrons. The van der Waals surface area contributed by atoms with Gasteiger partial charge in [0.15, 0.2) is 11.6 Å². The maximum absolute atomic E-state index is 14.1. The van der Waals surface area contributed by atoms with E-state index in [9.17, 15) is 17.6 Å². The number of benzene rings is 4. The molecule has 0 heterocycles. The summed E-state index contributed by atoms with van der Waals surface area (Å²) in [6, 6.07) is 23.7. The number of halogens is 4. The van der Waals surface area contributed by atoms with Crippen molar-refractivity contribution in [3.05, 3.63) is 124 Å². The normalized spacial score (nSPS) is 19.4. The van der Waals surface area contributed by atoms with Crippen LogP contribution in [0.1, 0.15) is 145 Å². The van der Waals surface area contributed by atoms with Crippen LogP contribution in [0.15, 0.2) is 72.8 Å². The quantitative estimate of drug-likeness (QED) is 0.152. The Bertz CT molecular complexity index is 1780. The van der Waals surface area contributed by atoms with Crippen molar-refractivity contribution in [2.24, 2.45) is 11.8 Å². The van der Waals surface area contributed by atoms with Crippen LogP contribution in [0.2, 0.25) is 0 Å². The molecule has 2 aliphatic rings. The number of ether oxygens (including phenoxy) is 1. The van der Waals surface area contributed by atoms with Crippen LogP contribution in [0.25, 0.3) is 11.1 Å². The third-order valence-corrected chi connectivity index (χ3v) is 11.5. The average Bonchev–Trinajstić information content (AvgIpc) is 3.21. The van der Waals surface area contributed by atoms with Gasteiger partial charge in [0, 0.05) is 0 Å². The Balaban J connectivity index is 0.000000181. The third-order valence-electron chi connectivity index (χ3n) is 11.5. The fourth-order valence-electron chi connectivity index (χ4n) is 7.92. The topological polar surface area (TPSA) is 33.0 Å². The van der Waals surface area contributed by atoms with Crippen LogP contribution in [0.3, 0.4) is 0 Å². The fourth-order valence-corrected chi connectivity index (χ4v) is 7.92. The lowest BCUT2D eigenvalue weighted by Crippen LogP contribution is -2.14. The summed E-state index contributed by atoms with van der Waals surface area (Å²) in [6.45, 7) is 10.8. The van der Waals surface area contributed by atoms with Gasteiger partial charge in [-0.3, -0.25) is 0 Å². The molecule has 4 aromatic carbocycles. The zero-order valence-corrected chi connectivity index (χ0v) is 33.0. The van der Waals surface area contributed by atoms with E-state index in [1.807, 2.05) is 36.4 Å². The molecule has 0 bridgehead atoms. The Labute approximate surface area is 322 Å². The lowest BCUT2D eigenvalue weighted by atomic mass is 9.77. The van der Waals surface area contributed by atoms with Gasteiger partial charge in [-0.25, -0.2) is 13.2 Å². The first-order chi connectivity index (χ1) is 26.1. The number of rotatable bonds is 10. The first-order valence-electron chi connectivity index (χ1n) is 20.3. The molecule has 0 amide bonds. The van der Waals surface area contributed by atoms with Crippen LogP contribution in [0.4, 0.5) is 17.6 Å². The number of nitrogens with zero attached hydrogens (tertiary/aromatic N) is 1. The predicted molar refractivity (Wildman–Crippen MR) is 214 cm³/mol. The Morgan fingerprint density at radius 2 is 1.24 bits per heavy atom. The van der Waals surface area contributed by atoms with Crippen molar-refractivity contribution in [2.75, 3.05) is 6.61 Å². The monoisotopic (exact) mass is 741 g/mol. The van der Waals surface area contributed by atoms with Gasteiger partial charge in [0.1, 0.15) is 17.7 Å². The SMILES string of the molecule is CCCc1ccc(C2CCC(CC)CC2)cc1F.CCOc1ccc(C2CCC(CC)CC2)c(F)c1F.CCc1ccc(-c2ccc(C#N)c(F)c2)cc1. The summed E-state index contributed by atoms with van der Waals surface area (Å²) in [5.74, 6) is 0.425. The molecular weight excluding hydrogens is 683 g/mol. The maximum Gasteiger partial charge on any atom is 0.200 e. The van der Waals surface area contributed by atoms with Crippen molar-refractivity contribution in [1.29, 1.82) is 5.26 Å². The summed E-state index contributed by atoms with van der Waals surface area (Å²) in [5, 5.41) is 8.66. The standard InChI is InChI=1S/C17H25F.C16H22F2O.C15H12FN/c1-3-5-15-10-11-16(12-17(15)18)14-8-6-13(4-2)7-9-14;1-3-11-5-7-12(8-6-11)13-9-10-14(19-4-2)16(18)15(13)17;1-2-11-3-5-12(6-4-11)13-7-8-14(10-17)15(16)9-13/h10-14H,3-9H2,1-2H3;9-12H,3-8H2,1-2H3;3-9H,2H2,1H3. The summed E-state index contributed by atoms with van der Waals surface area (Å²) in [4.78, 5) is 0. The Hall–Kier alpha value is -4.11. The highest BCUT2D eigenvalue weighted by atomic mass is 19.2. The average molecular weight is 742 g/mol. The Morgan fingerprint density at radius 3 is 1.76 bits per heavy atom. The minimum absolute atomic E-state index is 0.00645. The van der Waals surface area contributed by atoms with Crippen molar-refractivity contribution in [3.63, 3.8) is 0 Å². The van der Waals surface area contributed by atoms with Crippen LogP contribution in [-0.2, 0) is 12.8 Å². The summed E-state index contributed by atoms with van der Waals surface area (Å²) < 4.78 is 60.4. The van der Waals surface area contributed by atoms with Gasteiger partial charge in [0.05, 0.1) is 12.2 Å². The van der Waals surface area contributed by atoms with Crippen LogP contribution in [0, 0.1) is 46.4 Å². The smallest absolute Gasteiger partial charge is 0.200 e. The lowest BCUT2D eigenvalue weighted by molar-refractivity contribution is 0.301. The highest BCUT2D eigenvalue weighted by molar-refractivity contribution is 5.64. The molecule has 0 aliphatic heterocycles. The molecule has 0 aromatic heterocycles. The van der Waals surface area contributed by atoms with Crippen molar-refractivity contribution in [3.8, 4) is 22.9 Å². The van der Waals surface area contributed by atoms with E-state index in [1.54, 1.807) is 31.2 Å². The van der Waals surface area contributed by atoms with Gasteiger partial charge in [0.25, 0.3) is 0 Å². The first-order valence-corrected chi connectivity index (χ1v) is 20.3. The second-order valence-corrected chi connectivity index (χ2v) is 14.9. The van der Waals surface area contributed by atoms with E-state index < -0.39 is 17.5 Å². The summed E-state index contributed by atoms with van der Waals surface area (Å²) in [7, 11) is 0. The second kappa shape index (κ2) is 21.7. The zero-order valence-electron chi connectivity index (χ0n) is 33.0. The molecular formula is C48H59F4NO. The van der Waals surface area contributed by atoms with Gasteiger partial charge in [-0.05, 0) is 152 Å². The molecule has 6 heteroatoms. The number of hydrogen-bond donors (Lipinski definition) is 0. The van der Waals surface area contributed by atoms with Crippen LogP contribution < -0.4 is 4.74 Å². The predicted octanol–water partition coefficient (Wildman–Crippen LogP) is 14.4. The van der Waals surface area contributed by atoms with Crippen molar-refractivity contribution in [1.82, 2.24) is 0 Å². The third kappa shape index (κ3) is 11.7. The van der Waals surface area contributed by atoms with E-state index in [2.05, 4.69) is 33.8 Å². The Morgan fingerprint density at radius 1 is 0.630 bits per heavy atom. The molecule has 0 radical (unpaired) electrons. The molecule has 6 rings (SSSR count). The zero-order chi connectivity index (χ0) is 39.0. The van der Waals surface area contributed by atoms with E-state index in [0.29, 0.717) is 18.1 Å². The number of nitriles is 1. The van der Waals surface area contributed by atoms with Crippen LogP contribution in [0.5, 0.6) is 5.75 Å². The maximum atomic E-state index is 14.1. The van der Waals surface area contributed by atoms with Gasteiger partial charge in [0.2, 0.25) is 5.82 Å². The summed E-state index contributed by atoms with van der Waals surface area (Å²) in [6.07, 6.45) is 14.6. The summed E-state index contributed by atoms with van der Waals surface area (Å²) in [5.41, 5.74) is 5.72. The van der Waals surface area contributed by atoms with Gasteiger partial charge in [-0.1, -0.05) is 95.5 Å². The number of hydrogen-bond acceptors (Lipinski definition) is 2. The molecule has 2 saturated carbocycles. The van der Waals surface area contributed by atoms with Crippen LogP contribution >= 0.6 is 0 Å². The largest absolute Gasteiger partial charge is 0.491 e. The molecule has 0 atom stereocenters. The van der Waals surface area contributed by atoms with E-state index in [4.69, 9.17) is 10.00 Å². The molecule has 0 saturated heterocycles. The van der Waals surface area contributed by atoms with Crippen LogP contribution in [-0.4, -0.2) is 6.61 Å². The van der Waals surface area contributed by atoms with E-state index in [0.717, 1.165) is 73.5 Å². The summed E-state index contributed by atoms with van der Waals surface area (Å²) >= 11 is 0. The molecule has 4 aromatic rings. The van der Waals surface area contributed by atoms with Gasteiger partial charge in [-0.2, -0.15) is 9.65 Å². The molecule has 0 N–H and O–H groups in total. The van der Waals surface area contributed by atoms with E-state index in [1.165, 1.54) is 61.8 Å². The molecule has 54 heavy (non-hydrogen) atoms. The first kappa shape index (κ1) is 42.6. The minimum Gasteiger partial charge on any atom is -0.491 e. The number of aryl methyl sites for hydroxylation is 2. The lowest BCUT2D eigenvalue weighted by Gasteiger charge is -2.28. The minimum atomic E-state index is -0.836. The molecule has 0 spiro atoms. The fraction of sp³-hybridized carbons (Fsp3) is 0.479. The molecule has 2 aliphatic carbocycles. The van der Waals surface area contributed by atoms with E-state index in [-0.39, 0.29) is 23.0 Å². The van der Waals surface area contributed by atoms with E-state index >= 15 is 0 Å². The molecule has 2 fully saturated rings. The molecule has 2 nitrogen and oxygen atoms in total. The highest BCUT2D eigenvalue weighted by Crippen LogP contribution is 2.40. The van der Waals surface area contributed by atoms with Crippen molar-refractivity contribution < 1.29 is 22.3 Å². The van der Waals surface area contributed by atoms with Gasteiger partial charge < -0.3 is 4.74 Å². The Kier molecular flexibility index (Phi) is 17.1. The van der Waals surface area contributed by atoms with Crippen molar-refractivity contribution in [2.45, 2.75) is 130 Å². The van der Waals surface area contributed by atoms with Crippen molar-refractivity contribution >= 4 is 0 Å². The van der Waals surface area contributed by atoms with Gasteiger partial charge >= 0.3 is 0 Å². The second-order valence-electron chi connectivity index (χ2n) is 14.9. The molecule has 0 unspecified atom stereocenters. The van der Waals surface area contributed by atoms with Gasteiger partial charge in [-0.15, -0.1) is 0 Å².